The Morgan fingerprint density at radius 2 is 2.50 bits per heavy atom. The zero-order chi connectivity index (χ0) is 13.0. The molecule has 100 valence electrons. The van der Waals surface area contributed by atoms with Crippen molar-refractivity contribution in [3.05, 3.63) is 16.3 Å². The van der Waals surface area contributed by atoms with Gasteiger partial charge >= 0.3 is 0 Å². The summed E-state index contributed by atoms with van der Waals surface area (Å²) >= 11 is 7.23. The molecule has 0 bridgehead atoms. The second-order valence-corrected chi connectivity index (χ2v) is 5.88. The third-order valence-electron chi connectivity index (χ3n) is 3.35. The van der Waals surface area contributed by atoms with Gasteiger partial charge in [-0.05, 0) is 25.2 Å². The molecule has 5 heteroatoms. The number of hydrogen-bond acceptors (Lipinski definition) is 3. The summed E-state index contributed by atoms with van der Waals surface area (Å²) in [4.78, 5) is 15.0. The molecule has 1 aliphatic rings. The van der Waals surface area contributed by atoms with E-state index in [4.69, 9.17) is 16.3 Å². The number of piperidine rings is 1. The molecule has 3 nitrogen and oxygen atoms in total. The third kappa shape index (κ3) is 3.18. The summed E-state index contributed by atoms with van der Waals surface area (Å²) in [6, 6.07) is 1.82. The molecule has 1 aromatic rings. The molecular weight excluding hydrogens is 270 g/mol. The van der Waals surface area contributed by atoms with Gasteiger partial charge in [-0.15, -0.1) is 22.9 Å². The van der Waals surface area contributed by atoms with Crippen molar-refractivity contribution < 1.29 is 9.53 Å². The highest BCUT2D eigenvalue weighted by atomic mass is 35.5. The fourth-order valence-corrected chi connectivity index (χ4v) is 3.46. The van der Waals surface area contributed by atoms with Crippen LogP contribution in [0.1, 0.15) is 28.9 Å². The maximum absolute atomic E-state index is 12.3. The first-order valence-electron chi connectivity index (χ1n) is 6.22. The van der Waals surface area contributed by atoms with Crippen LogP contribution in [-0.4, -0.2) is 36.9 Å². The Hall–Kier alpha value is -0.740. The van der Waals surface area contributed by atoms with Gasteiger partial charge < -0.3 is 9.64 Å². The Kier molecular flexibility index (Phi) is 4.89. The Morgan fingerprint density at radius 3 is 3.17 bits per heavy atom. The van der Waals surface area contributed by atoms with Crippen molar-refractivity contribution in [2.24, 2.45) is 5.92 Å². The summed E-state index contributed by atoms with van der Waals surface area (Å²) in [6.45, 7) is 1.70. The van der Waals surface area contributed by atoms with E-state index in [1.54, 1.807) is 7.11 Å². The molecule has 1 aliphatic heterocycles. The molecule has 1 saturated heterocycles. The zero-order valence-electron chi connectivity index (χ0n) is 10.5. The van der Waals surface area contributed by atoms with E-state index in [2.05, 4.69) is 0 Å². The minimum absolute atomic E-state index is 0.127. The summed E-state index contributed by atoms with van der Waals surface area (Å²) in [5, 5.41) is 1.87. The highest BCUT2D eigenvalue weighted by Gasteiger charge is 2.25. The lowest BCUT2D eigenvalue weighted by Gasteiger charge is -2.32. The van der Waals surface area contributed by atoms with Crippen molar-refractivity contribution in [2.45, 2.75) is 19.3 Å². The Morgan fingerprint density at radius 1 is 1.67 bits per heavy atom. The van der Waals surface area contributed by atoms with Gasteiger partial charge in [0.15, 0.2) is 0 Å². The summed E-state index contributed by atoms with van der Waals surface area (Å²) in [5.74, 6) is 2.13. The van der Waals surface area contributed by atoms with Gasteiger partial charge in [-0.3, -0.25) is 4.79 Å². The maximum atomic E-state index is 12.3. The number of carbonyl (C=O) groups excluding carboxylic acids is 1. The molecule has 1 aromatic heterocycles. The van der Waals surface area contributed by atoms with Crippen molar-refractivity contribution in [2.75, 3.05) is 26.1 Å². The predicted molar refractivity (Wildman–Crippen MR) is 74.8 cm³/mol. The summed E-state index contributed by atoms with van der Waals surface area (Å²) in [6.07, 6.45) is 3.26. The third-order valence-corrected chi connectivity index (χ3v) is 4.46. The van der Waals surface area contributed by atoms with Gasteiger partial charge in [0, 0.05) is 30.4 Å². The first-order chi connectivity index (χ1) is 8.74. The van der Waals surface area contributed by atoms with E-state index in [-0.39, 0.29) is 5.91 Å². The quantitative estimate of drug-likeness (QED) is 0.796. The first kappa shape index (κ1) is 13.7. The van der Waals surface area contributed by atoms with E-state index in [1.807, 2.05) is 16.3 Å². The topological polar surface area (TPSA) is 29.5 Å². The van der Waals surface area contributed by atoms with Crippen LogP contribution in [0.15, 0.2) is 11.4 Å². The van der Waals surface area contributed by atoms with Crippen LogP contribution >= 0.6 is 22.9 Å². The van der Waals surface area contributed by atoms with Crippen LogP contribution in [0.4, 0.5) is 0 Å². The number of ether oxygens (including phenoxy) is 1. The molecule has 1 fully saturated rings. The second kappa shape index (κ2) is 6.43. The monoisotopic (exact) mass is 287 g/mol. The van der Waals surface area contributed by atoms with Crippen molar-refractivity contribution in [1.29, 1.82) is 0 Å². The first-order valence-corrected chi connectivity index (χ1v) is 7.63. The number of carbonyl (C=O) groups is 1. The van der Waals surface area contributed by atoms with Gasteiger partial charge in [0.1, 0.15) is 5.75 Å². The molecule has 1 unspecified atom stereocenters. The van der Waals surface area contributed by atoms with Crippen molar-refractivity contribution in [3.63, 3.8) is 0 Å². The molecule has 0 saturated carbocycles. The average Bonchev–Trinajstić information content (AvgIpc) is 2.87. The lowest BCUT2D eigenvalue weighted by molar-refractivity contribution is 0.0676. The minimum atomic E-state index is 0.127. The number of amides is 1. The lowest BCUT2D eigenvalue weighted by Crippen LogP contribution is -2.39. The van der Waals surface area contributed by atoms with Gasteiger partial charge in [0.05, 0.1) is 12.0 Å². The van der Waals surface area contributed by atoms with Crippen LogP contribution in [0.3, 0.4) is 0 Å². The molecule has 0 aromatic carbocycles. The van der Waals surface area contributed by atoms with E-state index in [1.165, 1.54) is 17.8 Å². The van der Waals surface area contributed by atoms with Gasteiger partial charge in [-0.1, -0.05) is 0 Å². The number of likely N-dealkylation sites (tertiary alicyclic amines) is 1. The zero-order valence-corrected chi connectivity index (χ0v) is 12.1. The summed E-state index contributed by atoms with van der Waals surface area (Å²) in [7, 11) is 1.62. The molecular formula is C13H18ClNO2S. The fraction of sp³-hybridized carbons (Fsp3) is 0.615. The van der Waals surface area contributed by atoms with E-state index in [0.717, 1.165) is 36.6 Å². The van der Waals surface area contributed by atoms with Gasteiger partial charge in [-0.2, -0.15) is 0 Å². The number of halogens is 1. The fourth-order valence-electron chi connectivity index (χ4n) is 2.33. The largest absolute Gasteiger partial charge is 0.496 e. The molecule has 0 spiro atoms. The molecule has 1 atom stereocenters. The van der Waals surface area contributed by atoms with Crippen LogP contribution < -0.4 is 4.74 Å². The highest BCUT2D eigenvalue weighted by Crippen LogP contribution is 2.26. The summed E-state index contributed by atoms with van der Waals surface area (Å²) in [5.41, 5.74) is 0. The van der Waals surface area contributed by atoms with Crippen LogP contribution in [-0.2, 0) is 0 Å². The number of rotatable bonds is 4. The van der Waals surface area contributed by atoms with Crippen LogP contribution in [0.5, 0.6) is 5.75 Å². The Balaban J connectivity index is 1.99. The predicted octanol–water partition coefficient (Wildman–Crippen LogP) is 3.24. The van der Waals surface area contributed by atoms with Crippen LogP contribution in [0.2, 0.25) is 0 Å². The summed E-state index contributed by atoms with van der Waals surface area (Å²) < 4.78 is 5.11. The molecule has 0 aliphatic carbocycles. The van der Waals surface area contributed by atoms with E-state index in [0.29, 0.717) is 11.8 Å². The van der Waals surface area contributed by atoms with E-state index >= 15 is 0 Å². The molecule has 0 radical (unpaired) electrons. The number of thiophene rings is 1. The number of alkyl halides is 1. The van der Waals surface area contributed by atoms with Gasteiger partial charge in [-0.25, -0.2) is 0 Å². The van der Waals surface area contributed by atoms with Crippen LogP contribution in [0.25, 0.3) is 0 Å². The average molecular weight is 288 g/mol. The van der Waals surface area contributed by atoms with E-state index < -0.39 is 0 Å². The standard InChI is InChI=1S/C13H18ClNO2S/c1-17-11-7-12(18-9-11)13(16)15-6-2-3-10(8-15)4-5-14/h7,9-10H,2-6,8H2,1H3. The number of hydrogen-bond donors (Lipinski definition) is 0. The van der Waals surface area contributed by atoms with Crippen LogP contribution in [0, 0.1) is 5.92 Å². The molecule has 0 N–H and O–H groups in total. The van der Waals surface area contributed by atoms with Gasteiger partial charge in [0.25, 0.3) is 5.91 Å². The molecule has 18 heavy (non-hydrogen) atoms. The smallest absolute Gasteiger partial charge is 0.264 e. The minimum Gasteiger partial charge on any atom is -0.496 e. The van der Waals surface area contributed by atoms with Crippen molar-refractivity contribution in [3.8, 4) is 5.75 Å². The van der Waals surface area contributed by atoms with E-state index in [9.17, 15) is 4.79 Å². The molecule has 1 amide bonds. The normalized spacial score (nSPS) is 19.9. The van der Waals surface area contributed by atoms with Crippen molar-refractivity contribution >= 4 is 28.8 Å². The maximum Gasteiger partial charge on any atom is 0.264 e. The SMILES string of the molecule is COc1csc(C(=O)N2CCCC(CCCl)C2)c1. The second-order valence-electron chi connectivity index (χ2n) is 4.59. The highest BCUT2D eigenvalue weighted by molar-refractivity contribution is 7.12. The number of methoxy groups -OCH3 is 1. The Bertz CT molecular complexity index is 405. The Labute approximate surface area is 117 Å². The number of nitrogens with zero attached hydrogens (tertiary/aromatic N) is 1. The van der Waals surface area contributed by atoms with Crippen molar-refractivity contribution in [1.82, 2.24) is 4.90 Å². The molecule has 2 rings (SSSR count). The van der Waals surface area contributed by atoms with Gasteiger partial charge in [0.2, 0.25) is 0 Å². The lowest BCUT2D eigenvalue weighted by atomic mass is 9.95. The molecule has 2 heterocycles.